The van der Waals surface area contributed by atoms with E-state index in [1.165, 1.54) is 23.1 Å². The van der Waals surface area contributed by atoms with Crippen LogP contribution in [0.4, 0.5) is 5.69 Å². The van der Waals surface area contributed by atoms with E-state index in [2.05, 4.69) is 15.6 Å². The smallest absolute Gasteiger partial charge is 0.230 e. The molecule has 162 valence electrons. The summed E-state index contributed by atoms with van der Waals surface area (Å²) in [6.45, 7) is 1.36. The van der Waals surface area contributed by atoms with Crippen LogP contribution in [0.3, 0.4) is 0 Å². The molecular weight excluding hydrogens is 430 g/mol. The van der Waals surface area contributed by atoms with E-state index >= 15 is 0 Å². The number of thiazole rings is 1. The molecule has 0 bridgehead atoms. The van der Waals surface area contributed by atoms with Crippen molar-refractivity contribution in [3.05, 3.63) is 54.1 Å². The van der Waals surface area contributed by atoms with Gasteiger partial charge in [0.1, 0.15) is 0 Å². The molecular formula is C23H25N3O3S2. The Labute approximate surface area is 189 Å². The van der Waals surface area contributed by atoms with Gasteiger partial charge in [-0.2, -0.15) is 0 Å². The topological polar surface area (TPSA) is 80.3 Å². The minimum atomic E-state index is -0.00905. The largest absolute Gasteiger partial charge is 0.376 e. The molecule has 1 atom stereocenters. The van der Waals surface area contributed by atoms with Gasteiger partial charge in [-0.15, -0.1) is 11.3 Å². The van der Waals surface area contributed by atoms with Crippen LogP contribution in [0, 0.1) is 0 Å². The monoisotopic (exact) mass is 455 g/mol. The van der Waals surface area contributed by atoms with Crippen molar-refractivity contribution >= 4 is 50.8 Å². The van der Waals surface area contributed by atoms with E-state index in [9.17, 15) is 9.59 Å². The number of rotatable bonds is 9. The fraction of sp³-hybridized carbons (Fsp3) is 0.348. The second-order valence-corrected chi connectivity index (χ2v) is 9.68. The van der Waals surface area contributed by atoms with Gasteiger partial charge in [0.25, 0.3) is 0 Å². The van der Waals surface area contributed by atoms with Gasteiger partial charge in [-0.25, -0.2) is 4.98 Å². The summed E-state index contributed by atoms with van der Waals surface area (Å²) in [5, 5.41) is 5.89. The van der Waals surface area contributed by atoms with Crippen LogP contribution < -0.4 is 10.6 Å². The van der Waals surface area contributed by atoms with Crippen molar-refractivity contribution in [3.8, 4) is 0 Å². The molecule has 2 amide bonds. The lowest BCUT2D eigenvalue weighted by Crippen LogP contribution is -2.32. The summed E-state index contributed by atoms with van der Waals surface area (Å²) < 4.78 is 7.35. The summed E-state index contributed by atoms with van der Waals surface area (Å²) in [5.41, 5.74) is 2.78. The summed E-state index contributed by atoms with van der Waals surface area (Å²) in [6, 6.07) is 15.7. The van der Waals surface area contributed by atoms with Gasteiger partial charge in [0.05, 0.1) is 22.1 Å². The van der Waals surface area contributed by atoms with Crippen LogP contribution in [0.1, 0.15) is 24.8 Å². The Morgan fingerprint density at radius 3 is 2.84 bits per heavy atom. The summed E-state index contributed by atoms with van der Waals surface area (Å²) in [4.78, 5) is 28.9. The van der Waals surface area contributed by atoms with Gasteiger partial charge >= 0.3 is 0 Å². The number of ether oxygens (including phenoxy) is 1. The molecule has 1 saturated heterocycles. The lowest BCUT2D eigenvalue weighted by atomic mass is 10.1. The molecule has 0 saturated carbocycles. The number of thioether (sulfide) groups is 1. The Morgan fingerprint density at radius 1 is 1.16 bits per heavy atom. The molecule has 2 N–H and O–H groups in total. The molecule has 1 fully saturated rings. The van der Waals surface area contributed by atoms with E-state index in [-0.39, 0.29) is 17.9 Å². The maximum absolute atomic E-state index is 12.3. The number of anilines is 1. The minimum Gasteiger partial charge on any atom is -0.376 e. The van der Waals surface area contributed by atoms with Crippen LogP contribution in [0.25, 0.3) is 10.2 Å². The third kappa shape index (κ3) is 6.53. The van der Waals surface area contributed by atoms with Crippen molar-refractivity contribution in [2.45, 2.75) is 36.1 Å². The SMILES string of the molecule is O=C(CSc1nc2ccc(NC(=O)CCc3ccccc3)cc2s1)NC[C@H]1CCCO1. The average molecular weight is 456 g/mol. The highest BCUT2D eigenvalue weighted by atomic mass is 32.2. The number of hydrogen-bond donors (Lipinski definition) is 2. The predicted octanol–water partition coefficient (Wildman–Crippen LogP) is 4.25. The minimum absolute atomic E-state index is 0.00822. The third-order valence-electron chi connectivity index (χ3n) is 5.01. The fourth-order valence-electron chi connectivity index (χ4n) is 3.38. The zero-order valence-electron chi connectivity index (χ0n) is 17.1. The number of carbonyl (C=O) groups is 2. The van der Waals surface area contributed by atoms with Gasteiger partial charge in [0, 0.05) is 25.3 Å². The predicted molar refractivity (Wildman–Crippen MR) is 126 cm³/mol. The van der Waals surface area contributed by atoms with E-state index in [0.717, 1.165) is 45.3 Å². The van der Waals surface area contributed by atoms with E-state index in [1.54, 1.807) is 0 Å². The first-order valence-corrected chi connectivity index (χ1v) is 12.2. The summed E-state index contributed by atoms with van der Waals surface area (Å²) >= 11 is 2.96. The first kappa shape index (κ1) is 21.8. The fourth-order valence-corrected chi connectivity index (χ4v) is 5.32. The van der Waals surface area contributed by atoms with Crippen LogP contribution in [-0.2, 0) is 20.7 Å². The zero-order valence-corrected chi connectivity index (χ0v) is 18.8. The Bertz CT molecular complexity index is 1030. The summed E-state index contributed by atoms with van der Waals surface area (Å²) in [5.74, 6) is 0.312. The van der Waals surface area contributed by atoms with E-state index < -0.39 is 0 Å². The summed E-state index contributed by atoms with van der Waals surface area (Å²) in [6.07, 6.45) is 3.38. The van der Waals surface area contributed by atoms with E-state index in [4.69, 9.17) is 4.74 Å². The molecule has 1 aliphatic rings. The quantitative estimate of drug-likeness (QED) is 0.472. The Balaban J connectivity index is 1.26. The maximum Gasteiger partial charge on any atom is 0.230 e. The molecule has 2 heterocycles. The molecule has 6 nitrogen and oxygen atoms in total. The maximum atomic E-state index is 12.3. The van der Waals surface area contributed by atoms with Crippen LogP contribution >= 0.6 is 23.1 Å². The van der Waals surface area contributed by atoms with E-state index in [1.807, 2.05) is 48.5 Å². The van der Waals surface area contributed by atoms with Crippen LogP contribution in [0.15, 0.2) is 52.9 Å². The highest BCUT2D eigenvalue weighted by Gasteiger charge is 2.16. The normalized spacial score (nSPS) is 15.8. The van der Waals surface area contributed by atoms with E-state index in [0.29, 0.717) is 25.1 Å². The molecule has 2 aromatic carbocycles. The molecule has 31 heavy (non-hydrogen) atoms. The number of amides is 2. The van der Waals surface area contributed by atoms with Gasteiger partial charge in [-0.05, 0) is 43.0 Å². The average Bonchev–Trinajstić information content (AvgIpc) is 3.45. The molecule has 1 aliphatic heterocycles. The summed E-state index contributed by atoms with van der Waals surface area (Å²) in [7, 11) is 0. The lowest BCUT2D eigenvalue weighted by molar-refractivity contribution is -0.119. The van der Waals surface area contributed by atoms with Crippen molar-refractivity contribution in [1.82, 2.24) is 10.3 Å². The van der Waals surface area contributed by atoms with Gasteiger partial charge < -0.3 is 15.4 Å². The second-order valence-electron chi connectivity index (χ2n) is 7.42. The molecule has 4 rings (SSSR count). The number of nitrogens with zero attached hydrogens (tertiary/aromatic N) is 1. The molecule has 0 radical (unpaired) electrons. The van der Waals surface area contributed by atoms with Crippen molar-refractivity contribution in [2.75, 3.05) is 24.2 Å². The van der Waals surface area contributed by atoms with Crippen LogP contribution in [-0.4, -0.2) is 41.8 Å². The Hall–Kier alpha value is -2.42. The van der Waals surface area contributed by atoms with Crippen LogP contribution in [0.5, 0.6) is 0 Å². The van der Waals surface area contributed by atoms with Gasteiger partial charge in [-0.3, -0.25) is 9.59 Å². The number of hydrogen-bond acceptors (Lipinski definition) is 6. The number of carbonyl (C=O) groups excluding carboxylic acids is 2. The molecule has 0 aliphatic carbocycles. The van der Waals surface area contributed by atoms with Crippen molar-refractivity contribution in [2.24, 2.45) is 0 Å². The first-order valence-electron chi connectivity index (χ1n) is 10.4. The Kier molecular flexibility index (Phi) is 7.56. The molecule has 1 aromatic heterocycles. The highest BCUT2D eigenvalue weighted by Crippen LogP contribution is 2.31. The molecule has 3 aromatic rings. The third-order valence-corrected chi connectivity index (χ3v) is 7.17. The number of aryl methyl sites for hydroxylation is 1. The second kappa shape index (κ2) is 10.7. The molecule has 0 unspecified atom stereocenters. The van der Waals surface area contributed by atoms with Crippen molar-refractivity contribution in [3.63, 3.8) is 0 Å². The first-order chi connectivity index (χ1) is 15.2. The highest BCUT2D eigenvalue weighted by molar-refractivity contribution is 8.01. The van der Waals surface area contributed by atoms with Gasteiger partial charge in [-0.1, -0.05) is 42.1 Å². The molecule has 0 spiro atoms. The number of nitrogens with one attached hydrogen (secondary N) is 2. The van der Waals surface area contributed by atoms with Crippen molar-refractivity contribution in [1.29, 1.82) is 0 Å². The van der Waals surface area contributed by atoms with Gasteiger partial charge in [0.15, 0.2) is 4.34 Å². The standard InChI is InChI=1S/C23H25N3O3S2/c27-21(11-8-16-5-2-1-3-6-16)25-17-9-10-19-20(13-17)31-23(26-19)30-15-22(28)24-14-18-7-4-12-29-18/h1-3,5-6,9-10,13,18H,4,7-8,11-12,14-15H2,(H,24,28)(H,25,27)/t18-/m1/s1. The Morgan fingerprint density at radius 2 is 2.03 bits per heavy atom. The number of fused-ring (bicyclic) bond motifs is 1. The molecule has 8 heteroatoms. The number of aromatic nitrogens is 1. The van der Waals surface area contributed by atoms with Crippen molar-refractivity contribution < 1.29 is 14.3 Å². The zero-order chi connectivity index (χ0) is 21.5. The number of benzene rings is 2. The van der Waals surface area contributed by atoms with Gasteiger partial charge in [0.2, 0.25) is 11.8 Å². The lowest BCUT2D eigenvalue weighted by Gasteiger charge is -2.09. The van der Waals surface area contributed by atoms with Crippen LogP contribution in [0.2, 0.25) is 0 Å².